The van der Waals surface area contributed by atoms with Crippen molar-refractivity contribution in [2.24, 2.45) is 0 Å². The van der Waals surface area contributed by atoms with Crippen LogP contribution in [0.5, 0.6) is 0 Å². The van der Waals surface area contributed by atoms with E-state index in [1.54, 1.807) is 0 Å². The third kappa shape index (κ3) is 9.55. The number of nitrogens with one attached hydrogen (secondary N) is 1. The van der Waals surface area contributed by atoms with E-state index in [1.165, 1.54) is 11.0 Å². The van der Waals surface area contributed by atoms with Gasteiger partial charge in [-0.05, 0) is 6.92 Å². The lowest BCUT2D eigenvalue weighted by Gasteiger charge is -2.10. The van der Waals surface area contributed by atoms with Crippen molar-refractivity contribution < 1.29 is 0 Å². The van der Waals surface area contributed by atoms with Gasteiger partial charge in [0.05, 0.1) is 0 Å². The van der Waals surface area contributed by atoms with Crippen LogP contribution >= 0.6 is 0 Å². The first-order valence-corrected chi connectivity index (χ1v) is 5.71. The minimum absolute atomic E-state index is 0.625. The molecule has 2 heteroatoms. The van der Waals surface area contributed by atoms with Gasteiger partial charge in [0.15, 0.2) is 0 Å². The number of hydrogen-bond acceptors (Lipinski definition) is 1. The van der Waals surface area contributed by atoms with Crippen LogP contribution in [-0.2, 0) is 0 Å². The number of benzene rings is 1. The third-order valence-electron chi connectivity index (χ3n) is 1.88. The predicted molar refractivity (Wildman–Crippen MR) is 72.8 cm³/mol. The van der Waals surface area contributed by atoms with Crippen LogP contribution in [-0.4, -0.2) is 19.9 Å². The van der Waals surface area contributed by atoms with Crippen molar-refractivity contribution >= 4 is 13.3 Å². The molecular formula is C13H24BN. The minimum atomic E-state index is 0.625. The van der Waals surface area contributed by atoms with Crippen LogP contribution in [0.25, 0.3) is 0 Å². The van der Waals surface area contributed by atoms with Crippen LogP contribution in [0.4, 0.5) is 0 Å². The van der Waals surface area contributed by atoms with Gasteiger partial charge in [-0.2, -0.15) is 0 Å². The van der Waals surface area contributed by atoms with E-state index in [1.807, 2.05) is 0 Å². The Morgan fingerprint density at radius 2 is 1.33 bits per heavy atom. The maximum Gasteiger partial charge on any atom is 0.139 e. The smallest absolute Gasteiger partial charge is 0.139 e. The van der Waals surface area contributed by atoms with Gasteiger partial charge in [0.25, 0.3) is 0 Å². The summed E-state index contributed by atoms with van der Waals surface area (Å²) in [5, 5.41) is 3.31. The first-order valence-electron chi connectivity index (χ1n) is 5.71. The monoisotopic (exact) mass is 205 g/mol. The lowest BCUT2D eigenvalue weighted by atomic mass is 9.96. The van der Waals surface area contributed by atoms with Crippen molar-refractivity contribution in [1.82, 2.24) is 5.32 Å². The first-order chi connectivity index (χ1) is 6.91. The Morgan fingerprint density at radius 1 is 0.933 bits per heavy atom. The number of rotatable bonds is 2. The molecule has 0 heterocycles. The standard InChI is InChI=1S/C7H9B.C6H15N/c1-6-2-4-7(8)5-3-6;1-5(2)7-6(3)4/h2-5H,8H2,1H3;5-7H,1-4H3. The second-order valence-electron chi connectivity index (χ2n) is 4.63. The summed E-state index contributed by atoms with van der Waals surface area (Å²) in [4.78, 5) is 0. The van der Waals surface area contributed by atoms with Crippen LogP contribution in [0, 0.1) is 6.92 Å². The molecule has 1 aromatic carbocycles. The largest absolute Gasteiger partial charge is 0.312 e. The normalized spacial score (nSPS) is 10.1. The van der Waals surface area contributed by atoms with Crippen LogP contribution in [0.1, 0.15) is 33.3 Å². The van der Waals surface area contributed by atoms with Crippen LogP contribution in [0.2, 0.25) is 0 Å². The molecule has 0 fully saturated rings. The second kappa shape index (κ2) is 7.53. The van der Waals surface area contributed by atoms with Crippen molar-refractivity contribution in [3.8, 4) is 0 Å². The summed E-state index contributed by atoms with van der Waals surface area (Å²) in [7, 11) is 2.10. The quantitative estimate of drug-likeness (QED) is 0.724. The molecule has 0 saturated heterocycles. The van der Waals surface area contributed by atoms with Gasteiger partial charge in [-0.3, -0.25) is 0 Å². The van der Waals surface area contributed by atoms with Crippen LogP contribution < -0.4 is 10.8 Å². The minimum Gasteiger partial charge on any atom is -0.312 e. The van der Waals surface area contributed by atoms with Gasteiger partial charge in [-0.25, -0.2) is 0 Å². The molecule has 0 saturated carbocycles. The molecule has 15 heavy (non-hydrogen) atoms. The lowest BCUT2D eigenvalue weighted by Crippen LogP contribution is -2.29. The van der Waals surface area contributed by atoms with Gasteiger partial charge in [0.2, 0.25) is 0 Å². The molecule has 0 atom stereocenters. The Morgan fingerprint density at radius 3 is 1.53 bits per heavy atom. The zero-order valence-corrected chi connectivity index (χ0v) is 11.0. The van der Waals surface area contributed by atoms with Gasteiger partial charge < -0.3 is 5.32 Å². The zero-order valence-electron chi connectivity index (χ0n) is 11.0. The molecule has 0 spiro atoms. The fourth-order valence-corrected chi connectivity index (χ4v) is 1.30. The summed E-state index contributed by atoms with van der Waals surface area (Å²) in [6.07, 6.45) is 0. The summed E-state index contributed by atoms with van der Waals surface area (Å²) in [6, 6.07) is 9.73. The molecule has 1 rings (SSSR count). The van der Waals surface area contributed by atoms with Crippen LogP contribution in [0.3, 0.4) is 0 Å². The Kier molecular flexibility index (Phi) is 7.15. The van der Waals surface area contributed by atoms with Gasteiger partial charge >= 0.3 is 0 Å². The fraction of sp³-hybridized carbons (Fsp3) is 0.538. The molecule has 0 amide bonds. The Labute approximate surface area is 95.7 Å². The average molecular weight is 205 g/mol. The van der Waals surface area contributed by atoms with Crippen molar-refractivity contribution in [2.45, 2.75) is 46.7 Å². The topological polar surface area (TPSA) is 12.0 Å². The molecule has 0 unspecified atom stereocenters. The molecule has 0 aliphatic rings. The summed E-state index contributed by atoms with van der Waals surface area (Å²) < 4.78 is 0. The van der Waals surface area contributed by atoms with Crippen molar-refractivity contribution in [3.05, 3.63) is 29.8 Å². The van der Waals surface area contributed by atoms with Crippen molar-refractivity contribution in [1.29, 1.82) is 0 Å². The summed E-state index contributed by atoms with van der Waals surface area (Å²) in [5.41, 5.74) is 2.66. The van der Waals surface area contributed by atoms with Gasteiger partial charge in [0.1, 0.15) is 7.85 Å². The zero-order chi connectivity index (χ0) is 11.8. The summed E-state index contributed by atoms with van der Waals surface area (Å²) >= 11 is 0. The highest BCUT2D eigenvalue weighted by Crippen LogP contribution is 1.90. The van der Waals surface area contributed by atoms with Gasteiger partial charge in [-0.15, -0.1) is 0 Å². The van der Waals surface area contributed by atoms with Crippen molar-refractivity contribution in [3.63, 3.8) is 0 Å². The lowest BCUT2D eigenvalue weighted by molar-refractivity contribution is 0.518. The van der Waals surface area contributed by atoms with E-state index in [4.69, 9.17) is 0 Å². The maximum atomic E-state index is 3.31. The summed E-state index contributed by atoms with van der Waals surface area (Å²) in [5.74, 6) is 0. The molecule has 0 aliphatic carbocycles. The van der Waals surface area contributed by atoms with Crippen molar-refractivity contribution in [2.75, 3.05) is 0 Å². The molecular weight excluding hydrogens is 181 g/mol. The molecule has 1 nitrogen and oxygen atoms in total. The summed E-state index contributed by atoms with van der Waals surface area (Å²) in [6.45, 7) is 10.7. The van der Waals surface area contributed by atoms with E-state index in [9.17, 15) is 0 Å². The van der Waals surface area contributed by atoms with E-state index in [0.29, 0.717) is 12.1 Å². The second-order valence-corrected chi connectivity index (χ2v) is 4.63. The van der Waals surface area contributed by atoms with Gasteiger partial charge in [-0.1, -0.05) is 63.0 Å². The predicted octanol–water partition coefficient (Wildman–Crippen LogP) is 1.65. The van der Waals surface area contributed by atoms with E-state index in [-0.39, 0.29) is 0 Å². The Balaban J connectivity index is 0.000000265. The maximum absolute atomic E-state index is 3.31. The highest BCUT2D eigenvalue weighted by molar-refractivity contribution is 6.32. The first kappa shape index (κ1) is 14.2. The third-order valence-corrected chi connectivity index (χ3v) is 1.88. The van der Waals surface area contributed by atoms with Crippen LogP contribution in [0.15, 0.2) is 24.3 Å². The fourth-order valence-electron chi connectivity index (χ4n) is 1.30. The average Bonchev–Trinajstić information content (AvgIpc) is 2.09. The SMILES string of the molecule is Bc1ccc(C)cc1.CC(C)NC(C)C. The van der Waals surface area contributed by atoms with E-state index < -0.39 is 0 Å². The molecule has 0 bridgehead atoms. The molecule has 0 aliphatic heterocycles. The van der Waals surface area contributed by atoms with E-state index in [2.05, 4.69) is 72.0 Å². The molecule has 1 aromatic rings. The number of hydrogen-bond donors (Lipinski definition) is 1. The molecule has 1 N–H and O–H groups in total. The van der Waals surface area contributed by atoms with Gasteiger partial charge in [0, 0.05) is 12.1 Å². The highest BCUT2D eigenvalue weighted by atomic mass is 14.9. The Bertz CT molecular complexity index is 225. The number of aryl methyl sites for hydroxylation is 1. The molecule has 0 aromatic heterocycles. The van der Waals surface area contributed by atoms with E-state index >= 15 is 0 Å². The highest BCUT2D eigenvalue weighted by Gasteiger charge is 1.92. The Hall–Kier alpha value is -0.755. The molecule has 0 radical (unpaired) electrons. The molecule has 84 valence electrons. The van der Waals surface area contributed by atoms with E-state index in [0.717, 1.165) is 0 Å².